The molecule has 0 aliphatic heterocycles. The molecule has 7 nitrogen and oxygen atoms in total. The number of halogens is 4. The second-order valence-electron chi connectivity index (χ2n) is 8.13. The maximum atomic E-state index is 13.3. The molecular formula is C26H22F4N4O3. The Morgan fingerprint density at radius 3 is 2.35 bits per heavy atom. The monoisotopic (exact) mass is 514 g/mol. The molecule has 1 amide bonds. The summed E-state index contributed by atoms with van der Waals surface area (Å²) >= 11 is 0. The van der Waals surface area contributed by atoms with Gasteiger partial charge >= 0.3 is 13.2 Å². The van der Waals surface area contributed by atoms with Gasteiger partial charge in [0.15, 0.2) is 11.5 Å². The predicted octanol–water partition coefficient (Wildman–Crippen LogP) is 5.59. The minimum absolute atomic E-state index is 0.0872. The summed E-state index contributed by atoms with van der Waals surface area (Å²) in [6.45, 7) is -4.63. The maximum absolute atomic E-state index is 13.3. The number of alkyl halides is 4. The van der Waals surface area contributed by atoms with E-state index >= 15 is 0 Å². The number of nitrogens with one attached hydrogen (secondary N) is 1. The summed E-state index contributed by atoms with van der Waals surface area (Å²) in [5.41, 5.74) is 4.62. The SMILES string of the molecule is Cc1cncc(-c2ccc(-c3cnn(C)c3)c(C(=O)NCc3ccc(OC(F)F)c(OC(F)F)c3)c2)c1. The quantitative estimate of drug-likeness (QED) is 0.295. The Hall–Kier alpha value is -4.41. The molecule has 11 heteroatoms. The fraction of sp³-hybridized carbons (Fsp3) is 0.192. The van der Waals surface area contributed by atoms with Crippen molar-refractivity contribution in [3.63, 3.8) is 0 Å². The number of aryl methyl sites for hydroxylation is 2. The maximum Gasteiger partial charge on any atom is 0.387 e. The molecule has 0 saturated carbocycles. The van der Waals surface area contributed by atoms with Crippen molar-refractivity contribution in [2.24, 2.45) is 7.05 Å². The van der Waals surface area contributed by atoms with Gasteiger partial charge in [-0.25, -0.2) is 0 Å². The molecule has 0 bridgehead atoms. The molecule has 2 aromatic carbocycles. The smallest absolute Gasteiger partial charge is 0.387 e. The van der Waals surface area contributed by atoms with Crippen LogP contribution in [0.2, 0.25) is 0 Å². The topological polar surface area (TPSA) is 78.3 Å². The molecule has 37 heavy (non-hydrogen) atoms. The van der Waals surface area contributed by atoms with E-state index in [4.69, 9.17) is 0 Å². The summed E-state index contributed by atoms with van der Waals surface area (Å²) in [7, 11) is 1.76. The molecule has 4 rings (SSSR count). The average Bonchev–Trinajstić information content (AvgIpc) is 3.29. The molecule has 0 radical (unpaired) electrons. The summed E-state index contributed by atoms with van der Waals surface area (Å²) in [6.07, 6.45) is 6.83. The number of benzene rings is 2. The van der Waals surface area contributed by atoms with E-state index in [2.05, 4.69) is 24.9 Å². The van der Waals surface area contributed by atoms with Crippen LogP contribution >= 0.6 is 0 Å². The number of nitrogens with zero attached hydrogens (tertiary/aromatic N) is 3. The molecule has 0 unspecified atom stereocenters. The Morgan fingerprint density at radius 1 is 0.919 bits per heavy atom. The zero-order valence-corrected chi connectivity index (χ0v) is 19.8. The normalized spacial score (nSPS) is 11.1. The summed E-state index contributed by atoms with van der Waals surface area (Å²) in [5, 5.41) is 6.92. The van der Waals surface area contributed by atoms with Crippen LogP contribution in [-0.2, 0) is 13.6 Å². The first kappa shape index (κ1) is 25.7. The average molecular weight is 514 g/mol. The van der Waals surface area contributed by atoms with Gasteiger partial charge in [-0.2, -0.15) is 22.7 Å². The van der Waals surface area contributed by atoms with Gasteiger partial charge in [0.05, 0.1) is 6.20 Å². The molecular weight excluding hydrogens is 492 g/mol. The van der Waals surface area contributed by atoms with Crippen LogP contribution in [0.4, 0.5) is 17.6 Å². The van der Waals surface area contributed by atoms with Gasteiger partial charge in [0, 0.05) is 48.9 Å². The number of carbonyl (C=O) groups excluding carboxylic acids is 1. The molecule has 1 N–H and O–H groups in total. The lowest BCUT2D eigenvalue weighted by Gasteiger charge is -2.14. The summed E-state index contributed by atoms with van der Waals surface area (Å²) < 4.78 is 60.9. The fourth-order valence-corrected chi connectivity index (χ4v) is 3.76. The van der Waals surface area contributed by atoms with E-state index < -0.39 is 30.6 Å². The molecule has 4 aromatic rings. The molecule has 0 fully saturated rings. The minimum Gasteiger partial charge on any atom is -0.431 e. The van der Waals surface area contributed by atoms with Gasteiger partial charge in [-0.3, -0.25) is 14.5 Å². The van der Waals surface area contributed by atoms with Gasteiger partial charge in [-0.15, -0.1) is 0 Å². The molecule has 2 heterocycles. The number of rotatable bonds is 9. The summed E-state index contributed by atoms with van der Waals surface area (Å²) in [5.74, 6) is -1.54. The van der Waals surface area contributed by atoms with Crippen molar-refractivity contribution < 1.29 is 31.8 Å². The zero-order valence-electron chi connectivity index (χ0n) is 19.8. The van der Waals surface area contributed by atoms with Crippen molar-refractivity contribution in [2.75, 3.05) is 0 Å². The van der Waals surface area contributed by atoms with Gasteiger partial charge in [0.1, 0.15) is 0 Å². The van der Waals surface area contributed by atoms with E-state index in [0.717, 1.165) is 34.4 Å². The molecule has 0 atom stereocenters. The third-order valence-electron chi connectivity index (χ3n) is 5.38. The zero-order chi connectivity index (χ0) is 26.5. The fourth-order valence-electron chi connectivity index (χ4n) is 3.76. The van der Waals surface area contributed by atoms with Gasteiger partial charge in [-0.1, -0.05) is 18.2 Å². The van der Waals surface area contributed by atoms with Crippen molar-refractivity contribution in [1.82, 2.24) is 20.1 Å². The van der Waals surface area contributed by atoms with E-state index in [9.17, 15) is 22.4 Å². The third kappa shape index (κ3) is 6.43. The first-order valence-electron chi connectivity index (χ1n) is 11.1. The second-order valence-corrected chi connectivity index (χ2v) is 8.13. The van der Waals surface area contributed by atoms with E-state index in [1.54, 1.807) is 42.6 Å². The van der Waals surface area contributed by atoms with Crippen LogP contribution in [0.15, 0.2) is 67.3 Å². The number of hydrogen-bond donors (Lipinski definition) is 1. The van der Waals surface area contributed by atoms with Crippen LogP contribution < -0.4 is 14.8 Å². The number of carbonyl (C=O) groups is 1. The van der Waals surface area contributed by atoms with Crippen molar-refractivity contribution in [3.8, 4) is 33.8 Å². The van der Waals surface area contributed by atoms with Gasteiger partial charge in [-0.05, 0) is 53.4 Å². The lowest BCUT2D eigenvalue weighted by atomic mass is 9.96. The lowest BCUT2D eigenvalue weighted by Crippen LogP contribution is -2.23. The number of hydrogen-bond acceptors (Lipinski definition) is 5. The first-order chi connectivity index (χ1) is 17.7. The Balaban J connectivity index is 1.63. The Kier molecular flexibility index (Phi) is 7.71. The number of aromatic nitrogens is 3. The largest absolute Gasteiger partial charge is 0.431 e. The van der Waals surface area contributed by atoms with Crippen LogP contribution in [0.25, 0.3) is 22.3 Å². The van der Waals surface area contributed by atoms with E-state index in [0.29, 0.717) is 16.7 Å². The number of amides is 1. The van der Waals surface area contributed by atoms with Crippen LogP contribution in [0.3, 0.4) is 0 Å². The molecule has 2 aromatic heterocycles. The van der Waals surface area contributed by atoms with Crippen molar-refractivity contribution in [1.29, 1.82) is 0 Å². The highest BCUT2D eigenvalue weighted by atomic mass is 19.3. The van der Waals surface area contributed by atoms with Crippen LogP contribution in [0.1, 0.15) is 21.5 Å². The number of ether oxygens (including phenoxy) is 2. The Bertz CT molecular complexity index is 1410. The summed E-state index contributed by atoms with van der Waals surface area (Å²) in [4.78, 5) is 17.5. The molecule has 0 saturated heterocycles. The molecule has 0 aliphatic carbocycles. The summed E-state index contributed by atoms with van der Waals surface area (Å²) in [6, 6.07) is 10.9. The molecule has 0 spiro atoms. The third-order valence-corrected chi connectivity index (χ3v) is 5.38. The van der Waals surface area contributed by atoms with Gasteiger partial charge in [0.25, 0.3) is 5.91 Å². The minimum atomic E-state index is -3.24. The van der Waals surface area contributed by atoms with Crippen molar-refractivity contribution >= 4 is 5.91 Å². The van der Waals surface area contributed by atoms with E-state index in [-0.39, 0.29) is 6.54 Å². The van der Waals surface area contributed by atoms with E-state index in [1.165, 1.54) is 6.07 Å². The standard InChI is InChI=1S/C26H22F4N4O3/c1-15-7-18(12-31-10-15)17-4-5-20(19-13-33-34(2)14-19)21(9-17)24(35)32-11-16-3-6-22(36-25(27)28)23(8-16)37-26(29)30/h3-10,12-14,25-26H,11H2,1-2H3,(H,32,35). The van der Waals surface area contributed by atoms with Crippen LogP contribution in [-0.4, -0.2) is 33.9 Å². The van der Waals surface area contributed by atoms with Gasteiger partial charge in [0.2, 0.25) is 0 Å². The highest BCUT2D eigenvalue weighted by Crippen LogP contribution is 2.32. The Morgan fingerprint density at radius 2 is 1.68 bits per heavy atom. The highest BCUT2D eigenvalue weighted by molar-refractivity contribution is 6.02. The van der Waals surface area contributed by atoms with Crippen LogP contribution in [0.5, 0.6) is 11.5 Å². The van der Waals surface area contributed by atoms with Crippen LogP contribution in [0, 0.1) is 6.92 Å². The number of pyridine rings is 1. The van der Waals surface area contributed by atoms with E-state index in [1.807, 2.05) is 25.1 Å². The Labute approximate surface area is 209 Å². The second kappa shape index (κ2) is 11.1. The molecule has 0 aliphatic rings. The van der Waals surface area contributed by atoms with Gasteiger partial charge < -0.3 is 14.8 Å². The van der Waals surface area contributed by atoms with Crippen molar-refractivity contribution in [3.05, 3.63) is 83.9 Å². The lowest BCUT2D eigenvalue weighted by molar-refractivity contribution is -0.0692. The first-order valence-corrected chi connectivity index (χ1v) is 11.1. The highest BCUT2D eigenvalue weighted by Gasteiger charge is 2.18. The van der Waals surface area contributed by atoms with Crippen molar-refractivity contribution in [2.45, 2.75) is 26.7 Å². The molecule has 192 valence electrons. The predicted molar refractivity (Wildman–Crippen MR) is 127 cm³/mol.